The molecule has 16 heavy (non-hydrogen) atoms. The summed E-state index contributed by atoms with van der Waals surface area (Å²) < 4.78 is 17.8. The number of phenolic OH excluding ortho intramolecular Hbond substituents is 1. The fourth-order valence-corrected chi connectivity index (χ4v) is 1.76. The number of halogens is 3. The van der Waals surface area contributed by atoms with Gasteiger partial charge in [0.15, 0.2) is 11.5 Å². The zero-order valence-electron chi connectivity index (χ0n) is 8.74. The van der Waals surface area contributed by atoms with Crippen molar-refractivity contribution in [3.05, 3.63) is 22.2 Å². The Kier molecular flexibility index (Phi) is 6.71. The number of hydrogen-bond acceptors (Lipinski definition) is 3. The van der Waals surface area contributed by atoms with Crippen molar-refractivity contribution in [3.63, 3.8) is 0 Å². The number of nitrogens with two attached hydrogens (primary N) is 1. The molecule has 0 saturated carbocycles. The zero-order valence-corrected chi connectivity index (χ0v) is 11.1. The van der Waals surface area contributed by atoms with Gasteiger partial charge in [-0.15, -0.1) is 12.4 Å². The van der Waals surface area contributed by atoms with Crippen LogP contribution >= 0.6 is 28.3 Å². The molecule has 0 saturated heterocycles. The van der Waals surface area contributed by atoms with Crippen molar-refractivity contribution in [1.29, 1.82) is 0 Å². The van der Waals surface area contributed by atoms with E-state index in [0.29, 0.717) is 11.3 Å². The molecule has 3 nitrogen and oxygen atoms in total. The zero-order chi connectivity index (χ0) is 11.4. The maximum Gasteiger partial charge on any atom is 0.162 e. The molecule has 1 rings (SSSR count). The van der Waals surface area contributed by atoms with Crippen LogP contribution in [0.15, 0.2) is 16.6 Å². The first kappa shape index (κ1) is 15.5. The van der Waals surface area contributed by atoms with Crippen LogP contribution in [0.4, 0.5) is 4.39 Å². The van der Waals surface area contributed by atoms with E-state index in [4.69, 9.17) is 10.5 Å². The maximum atomic E-state index is 12.1. The minimum atomic E-state index is -0.526. The van der Waals surface area contributed by atoms with Crippen molar-refractivity contribution in [1.82, 2.24) is 0 Å². The smallest absolute Gasteiger partial charge is 0.162 e. The van der Waals surface area contributed by atoms with Crippen LogP contribution in [0.25, 0.3) is 0 Å². The van der Waals surface area contributed by atoms with Gasteiger partial charge in [-0.1, -0.05) is 15.9 Å². The number of alkyl halides is 1. The third kappa shape index (κ3) is 3.50. The molecule has 92 valence electrons. The minimum absolute atomic E-state index is 0. The molecule has 0 bridgehead atoms. The van der Waals surface area contributed by atoms with E-state index in [9.17, 15) is 9.50 Å². The molecule has 0 spiro atoms. The summed E-state index contributed by atoms with van der Waals surface area (Å²) in [6.45, 7) is -0.518. The molecule has 0 aliphatic carbocycles. The Labute approximate surface area is 108 Å². The van der Waals surface area contributed by atoms with E-state index in [2.05, 4.69) is 15.9 Å². The van der Waals surface area contributed by atoms with Gasteiger partial charge in [-0.25, -0.2) is 0 Å². The molecule has 0 unspecified atom stereocenters. The van der Waals surface area contributed by atoms with E-state index < -0.39 is 12.7 Å². The van der Waals surface area contributed by atoms with E-state index >= 15 is 0 Å². The summed E-state index contributed by atoms with van der Waals surface area (Å²) in [6, 6.07) is 2.76. The lowest BCUT2D eigenvalue weighted by atomic mass is 10.0. The Morgan fingerprint density at radius 1 is 1.56 bits per heavy atom. The fourth-order valence-electron chi connectivity index (χ4n) is 1.31. The number of rotatable bonds is 4. The van der Waals surface area contributed by atoms with Gasteiger partial charge in [0.25, 0.3) is 0 Å². The third-order valence-corrected chi connectivity index (χ3v) is 2.57. The number of phenols is 1. The summed E-state index contributed by atoms with van der Waals surface area (Å²) in [5.41, 5.74) is 6.21. The minimum Gasteiger partial charge on any atom is -0.504 e. The highest BCUT2D eigenvalue weighted by Crippen LogP contribution is 2.37. The monoisotopic (exact) mass is 313 g/mol. The van der Waals surface area contributed by atoms with Gasteiger partial charge in [-0.05, 0) is 18.6 Å². The summed E-state index contributed by atoms with van der Waals surface area (Å²) in [4.78, 5) is 0. The Hall–Kier alpha value is -0.520. The summed E-state index contributed by atoms with van der Waals surface area (Å²) in [5, 5.41) is 9.76. The molecule has 6 heteroatoms. The number of ether oxygens (including phenoxy) is 1. The third-order valence-electron chi connectivity index (χ3n) is 2.11. The van der Waals surface area contributed by atoms with Gasteiger partial charge in [0.2, 0.25) is 0 Å². The first-order valence-electron chi connectivity index (χ1n) is 4.48. The van der Waals surface area contributed by atoms with Crippen LogP contribution in [0.1, 0.15) is 18.0 Å². The normalized spacial score (nSPS) is 11.8. The highest BCUT2D eigenvalue weighted by atomic mass is 79.9. The van der Waals surface area contributed by atoms with Crippen LogP contribution in [0, 0.1) is 0 Å². The molecule has 1 atom stereocenters. The highest BCUT2D eigenvalue weighted by Gasteiger charge is 2.15. The first-order chi connectivity index (χ1) is 7.10. The maximum absolute atomic E-state index is 12.1. The van der Waals surface area contributed by atoms with Gasteiger partial charge >= 0.3 is 0 Å². The Bertz CT molecular complexity index is 352. The molecule has 0 aliphatic heterocycles. The van der Waals surface area contributed by atoms with Crippen LogP contribution in [0.5, 0.6) is 11.5 Å². The Morgan fingerprint density at radius 3 is 2.69 bits per heavy atom. The SMILES string of the molecule is COc1cc(Br)cc([C@@H](N)CCF)c1O.Cl. The largest absolute Gasteiger partial charge is 0.504 e. The van der Waals surface area contributed by atoms with Crippen molar-refractivity contribution in [2.75, 3.05) is 13.8 Å². The fraction of sp³-hybridized carbons (Fsp3) is 0.400. The van der Waals surface area contributed by atoms with Gasteiger partial charge < -0.3 is 15.6 Å². The second-order valence-electron chi connectivity index (χ2n) is 3.13. The molecule has 0 amide bonds. The second kappa shape index (κ2) is 6.93. The molecule has 0 radical (unpaired) electrons. The second-order valence-corrected chi connectivity index (χ2v) is 4.05. The quantitative estimate of drug-likeness (QED) is 0.898. The average Bonchev–Trinajstić information content (AvgIpc) is 2.21. The molecule has 0 aliphatic rings. The summed E-state index contributed by atoms with van der Waals surface area (Å²) in [5.74, 6) is 0.301. The van der Waals surface area contributed by atoms with E-state index in [1.54, 1.807) is 12.1 Å². The molecular weight excluding hydrogens is 300 g/mol. The van der Waals surface area contributed by atoms with E-state index in [1.165, 1.54) is 7.11 Å². The summed E-state index contributed by atoms with van der Waals surface area (Å²) >= 11 is 3.27. The number of aromatic hydroxyl groups is 1. The number of hydrogen-bond donors (Lipinski definition) is 2. The molecule has 3 N–H and O–H groups in total. The van der Waals surface area contributed by atoms with Crippen molar-refractivity contribution < 1.29 is 14.2 Å². The lowest BCUT2D eigenvalue weighted by molar-refractivity contribution is 0.364. The van der Waals surface area contributed by atoms with E-state index in [1.807, 2.05) is 0 Å². The summed E-state index contributed by atoms with van der Waals surface area (Å²) in [6.07, 6.45) is 0.174. The topological polar surface area (TPSA) is 55.5 Å². The highest BCUT2D eigenvalue weighted by molar-refractivity contribution is 9.10. The molecule has 0 fully saturated rings. The van der Waals surface area contributed by atoms with Crippen LogP contribution in [0.2, 0.25) is 0 Å². The van der Waals surface area contributed by atoms with Gasteiger partial charge in [-0.3, -0.25) is 4.39 Å². The predicted molar refractivity (Wildman–Crippen MR) is 67.1 cm³/mol. The Morgan fingerprint density at radius 2 is 2.19 bits per heavy atom. The van der Waals surface area contributed by atoms with Crippen LogP contribution < -0.4 is 10.5 Å². The van der Waals surface area contributed by atoms with Crippen molar-refractivity contribution in [3.8, 4) is 11.5 Å². The van der Waals surface area contributed by atoms with Gasteiger partial charge in [0.05, 0.1) is 13.8 Å². The van der Waals surface area contributed by atoms with Crippen molar-refractivity contribution in [2.24, 2.45) is 5.73 Å². The van der Waals surface area contributed by atoms with E-state index in [0.717, 1.165) is 4.47 Å². The Balaban J connectivity index is 0.00000225. The van der Waals surface area contributed by atoms with Crippen LogP contribution in [-0.4, -0.2) is 18.9 Å². The lowest BCUT2D eigenvalue weighted by Gasteiger charge is -2.14. The number of benzene rings is 1. The predicted octanol–water partition coefficient (Wildman–Crippen LogP) is 2.94. The van der Waals surface area contributed by atoms with Crippen LogP contribution in [-0.2, 0) is 0 Å². The van der Waals surface area contributed by atoms with Crippen molar-refractivity contribution in [2.45, 2.75) is 12.5 Å². The number of methoxy groups -OCH3 is 1. The van der Waals surface area contributed by atoms with Crippen LogP contribution in [0.3, 0.4) is 0 Å². The van der Waals surface area contributed by atoms with E-state index in [-0.39, 0.29) is 24.6 Å². The first-order valence-corrected chi connectivity index (χ1v) is 5.27. The van der Waals surface area contributed by atoms with Gasteiger partial charge in [-0.2, -0.15) is 0 Å². The molecule has 0 aromatic heterocycles. The lowest BCUT2D eigenvalue weighted by Crippen LogP contribution is -2.11. The van der Waals surface area contributed by atoms with Gasteiger partial charge in [0.1, 0.15) is 0 Å². The molecule has 0 heterocycles. The average molecular weight is 315 g/mol. The molecule has 1 aromatic carbocycles. The standard InChI is InChI=1S/C10H13BrFNO2.ClH/c1-15-9-5-6(11)4-7(10(9)14)8(13)2-3-12;/h4-5,8,14H,2-3,13H2,1H3;1H/t8-;/m0./s1. The molecular formula is C10H14BrClFNO2. The summed E-state index contributed by atoms with van der Waals surface area (Å²) in [7, 11) is 1.45. The molecule has 1 aromatic rings. The van der Waals surface area contributed by atoms with Crippen molar-refractivity contribution >= 4 is 28.3 Å². The van der Waals surface area contributed by atoms with Gasteiger partial charge in [0, 0.05) is 16.1 Å².